The number of carbonyl (C=O) groups excluding carboxylic acids is 2. The summed E-state index contributed by atoms with van der Waals surface area (Å²) < 4.78 is 0. The lowest BCUT2D eigenvalue weighted by Crippen LogP contribution is -2.44. The molecule has 7 nitrogen and oxygen atoms in total. The third-order valence-electron chi connectivity index (χ3n) is 3.31. The van der Waals surface area contributed by atoms with Crippen molar-refractivity contribution in [2.45, 2.75) is 57.4 Å². The Kier molecular flexibility index (Phi) is 6.14. The molecule has 1 saturated heterocycles. The van der Waals surface area contributed by atoms with Gasteiger partial charge in [-0.2, -0.15) is 0 Å². The lowest BCUT2D eigenvalue weighted by molar-refractivity contribution is -0.154. The third kappa shape index (κ3) is 4.64. The first-order valence-electron chi connectivity index (χ1n) is 6.73. The number of carboxylic acid groups (broad SMARTS) is 2. The van der Waals surface area contributed by atoms with Crippen LogP contribution in [0.15, 0.2) is 0 Å². The first-order valence-corrected chi connectivity index (χ1v) is 6.73. The number of hydrogen-bond donors (Lipinski definition) is 2. The highest BCUT2D eigenvalue weighted by molar-refractivity contribution is 6.04. The summed E-state index contributed by atoms with van der Waals surface area (Å²) in [5, 5.41) is 17.6. The second-order valence-corrected chi connectivity index (χ2v) is 4.86. The quantitative estimate of drug-likeness (QED) is 0.483. The van der Waals surface area contributed by atoms with Crippen LogP contribution in [0.4, 0.5) is 0 Å². The largest absolute Gasteiger partial charge is 0.481 e. The van der Waals surface area contributed by atoms with Crippen molar-refractivity contribution in [3.63, 3.8) is 0 Å². The molecule has 0 aromatic rings. The van der Waals surface area contributed by atoms with Crippen LogP contribution in [-0.4, -0.2) is 44.9 Å². The minimum Gasteiger partial charge on any atom is -0.481 e. The maximum absolute atomic E-state index is 11.5. The number of unbranched alkanes of at least 4 members (excludes halogenated alkanes) is 3. The van der Waals surface area contributed by atoms with Crippen LogP contribution < -0.4 is 0 Å². The van der Waals surface area contributed by atoms with Crippen LogP contribution in [0, 0.1) is 0 Å². The fourth-order valence-corrected chi connectivity index (χ4v) is 2.27. The van der Waals surface area contributed by atoms with Gasteiger partial charge >= 0.3 is 11.9 Å². The van der Waals surface area contributed by atoms with Gasteiger partial charge < -0.3 is 10.2 Å². The first kappa shape index (κ1) is 16.1. The van der Waals surface area contributed by atoms with Gasteiger partial charge in [-0.25, -0.2) is 4.79 Å². The lowest BCUT2D eigenvalue weighted by atomic mass is 10.1. The molecule has 20 heavy (non-hydrogen) atoms. The SMILES string of the molecule is O=C(O)CCCCCCC(C(=O)O)N1C(=O)CCC1=O. The van der Waals surface area contributed by atoms with Crippen LogP contribution in [-0.2, 0) is 19.2 Å². The molecule has 1 fully saturated rings. The number of likely N-dealkylation sites (tertiary alicyclic amines) is 1. The van der Waals surface area contributed by atoms with Crippen LogP contribution in [0.25, 0.3) is 0 Å². The van der Waals surface area contributed by atoms with E-state index in [1.165, 1.54) is 0 Å². The van der Waals surface area contributed by atoms with Crippen molar-refractivity contribution in [1.29, 1.82) is 0 Å². The Hall–Kier alpha value is -1.92. The molecule has 0 aromatic carbocycles. The fraction of sp³-hybridized carbons (Fsp3) is 0.692. The van der Waals surface area contributed by atoms with Crippen LogP contribution >= 0.6 is 0 Å². The summed E-state index contributed by atoms with van der Waals surface area (Å²) in [7, 11) is 0. The minimum absolute atomic E-state index is 0.0845. The predicted octanol–water partition coefficient (Wildman–Crippen LogP) is 1.01. The Labute approximate surface area is 116 Å². The van der Waals surface area contributed by atoms with Crippen molar-refractivity contribution >= 4 is 23.8 Å². The van der Waals surface area contributed by atoms with E-state index in [-0.39, 0.29) is 25.7 Å². The summed E-state index contributed by atoms with van der Waals surface area (Å²) in [5.41, 5.74) is 0. The van der Waals surface area contributed by atoms with Gasteiger partial charge in [0.25, 0.3) is 0 Å². The smallest absolute Gasteiger partial charge is 0.326 e. The van der Waals surface area contributed by atoms with Gasteiger partial charge in [-0.3, -0.25) is 19.3 Å². The van der Waals surface area contributed by atoms with E-state index in [0.717, 1.165) is 4.90 Å². The third-order valence-corrected chi connectivity index (χ3v) is 3.31. The molecule has 1 unspecified atom stereocenters. The number of nitrogens with zero attached hydrogens (tertiary/aromatic N) is 1. The Balaban J connectivity index is 2.37. The van der Waals surface area contributed by atoms with Crippen LogP contribution in [0.5, 0.6) is 0 Å². The average Bonchev–Trinajstić information content (AvgIpc) is 2.68. The monoisotopic (exact) mass is 285 g/mol. The van der Waals surface area contributed by atoms with E-state index in [0.29, 0.717) is 25.7 Å². The highest BCUT2D eigenvalue weighted by Gasteiger charge is 2.38. The molecule has 0 aliphatic carbocycles. The molecule has 0 saturated carbocycles. The van der Waals surface area contributed by atoms with Crippen LogP contribution in [0.2, 0.25) is 0 Å². The molecule has 1 aliphatic heterocycles. The predicted molar refractivity (Wildman–Crippen MR) is 67.8 cm³/mol. The Morgan fingerprint density at radius 1 is 1.00 bits per heavy atom. The fourth-order valence-electron chi connectivity index (χ4n) is 2.27. The van der Waals surface area contributed by atoms with E-state index >= 15 is 0 Å². The Morgan fingerprint density at radius 3 is 2.05 bits per heavy atom. The molecule has 1 heterocycles. The summed E-state index contributed by atoms with van der Waals surface area (Å²) in [4.78, 5) is 45.4. The van der Waals surface area contributed by atoms with E-state index in [2.05, 4.69) is 0 Å². The number of imide groups is 1. The molecule has 1 rings (SSSR count). The number of rotatable bonds is 9. The van der Waals surface area contributed by atoms with Gasteiger partial charge in [0.15, 0.2) is 0 Å². The highest BCUT2D eigenvalue weighted by atomic mass is 16.4. The van der Waals surface area contributed by atoms with Crippen molar-refractivity contribution in [3.8, 4) is 0 Å². The topological polar surface area (TPSA) is 112 Å². The average molecular weight is 285 g/mol. The number of hydrogen-bond acceptors (Lipinski definition) is 4. The van der Waals surface area contributed by atoms with E-state index in [1.54, 1.807) is 0 Å². The number of carbonyl (C=O) groups is 4. The minimum atomic E-state index is -1.17. The summed E-state index contributed by atoms with van der Waals surface area (Å²) in [5.74, 6) is -2.86. The molecule has 1 aliphatic rings. The van der Waals surface area contributed by atoms with Crippen molar-refractivity contribution in [2.24, 2.45) is 0 Å². The van der Waals surface area contributed by atoms with Gasteiger partial charge in [-0.05, 0) is 12.8 Å². The zero-order valence-corrected chi connectivity index (χ0v) is 11.2. The van der Waals surface area contributed by atoms with Gasteiger partial charge in [0.1, 0.15) is 6.04 Å². The van der Waals surface area contributed by atoms with Crippen molar-refractivity contribution in [3.05, 3.63) is 0 Å². The molecule has 2 amide bonds. The van der Waals surface area contributed by atoms with Gasteiger partial charge in [0.05, 0.1) is 0 Å². The van der Waals surface area contributed by atoms with E-state index < -0.39 is 29.8 Å². The molecule has 0 spiro atoms. The lowest BCUT2D eigenvalue weighted by Gasteiger charge is -2.22. The van der Waals surface area contributed by atoms with Gasteiger partial charge in [-0.15, -0.1) is 0 Å². The van der Waals surface area contributed by atoms with Crippen molar-refractivity contribution < 1.29 is 29.4 Å². The number of amides is 2. The summed E-state index contributed by atoms with van der Waals surface area (Å²) >= 11 is 0. The molecule has 2 N–H and O–H groups in total. The van der Waals surface area contributed by atoms with Gasteiger partial charge in [0.2, 0.25) is 11.8 Å². The van der Waals surface area contributed by atoms with Crippen molar-refractivity contribution in [2.75, 3.05) is 0 Å². The second-order valence-electron chi connectivity index (χ2n) is 4.86. The standard InChI is InChI=1S/C13H19NO6/c15-10-7-8-11(16)14(10)9(13(19)20)5-3-1-2-4-6-12(17)18/h9H,1-8H2,(H,17,18)(H,19,20). The van der Waals surface area contributed by atoms with E-state index in [1.807, 2.05) is 0 Å². The van der Waals surface area contributed by atoms with E-state index in [9.17, 15) is 19.2 Å². The Bertz CT molecular complexity index is 390. The summed E-state index contributed by atoms with van der Waals surface area (Å²) in [6.45, 7) is 0. The van der Waals surface area contributed by atoms with Crippen molar-refractivity contribution in [1.82, 2.24) is 4.90 Å². The zero-order valence-electron chi connectivity index (χ0n) is 11.2. The van der Waals surface area contributed by atoms with Gasteiger partial charge in [0, 0.05) is 19.3 Å². The molecule has 0 radical (unpaired) electrons. The maximum Gasteiger partial charge on any atom is 0.326 e. The maximum atomic E-state index is 11.5. The summed E-state index contributed by atoms with van der Waals surface area (Å²) in [6, 6.07) is -1.09. The second kappa shape index (κ2) is 7.62. The van der Waals surface area contributed by atoms with Gasteiger partial charge in [-0.1, -0.05) is 19.3 Å². The molecule has 1 atom stereocenters. The summed E-state index contributed by atoms with van der Waals surface area (Å²) in [6.07, 6.45) is 2.98. The molecule has 7 heteroatoms. The molecule has 0 aromatic heterocycles. The number of carboxylic acids is 2. The molecule has 112 valence electrons. The zero-order chi connectivity index (χ0) is 15.1. The normalized spacial score (nSPS) is 16.5. The highest BCUT2D eigenvalue weighted by Crippen LogP contribution is 2.20. The first-order chi connectivity index (χ1) is 9.43. The molecular formula is C13H19NO6. The van der Waals surface area contributed by atoms with Crippen LogP contribution in [0.1, 0.15) is 51.4 Å². The Morgan fingerprint density at radius 2 is 1.55 bits per heavy atom. The molecular weight excluding hydrogens is 266 g/mol. The molecule has 0 bridgehead atoms. The van der Waals surface area contributed by atoms with Crippen LogP contribution in [0.3, 0.4) is 0 Å². The van der Waals surface area contributed by atoms with E-state index in [4.69, 9.17) is 10.2 Å². The number of aliphatic carboxylic acids is 2.